The topological polar surface area (TPSA) is 76.4 Å². The molecule has 0 rings (SSSR count). The Morgan fingerprint density at radius 2 is 1.84 bits per heavy atom. The third-order valence-electron chi connectivity index (χ3n) is 1.85. The highest BCUT2D eigenvalue weighted by molar-refractivity contribution is 5.81. The van der Waals surface area contributed by atoms with Crippen LogP contribution in [0.4, 0.5) is 0 Å². The number of nitriles is 1. The lowest BCUT2D eigenvalue weighted by atomic mass is 10.3. The number of unbranched alkanes of at least 4 members (excludes halogenated alkanes) is 1. The van der Waals surface area contributed by atoms with E-state index in [1.54, 1.807) is 6.92 Å². The second-order valence-electron chi connectivity index (χ2n) is 3.39. The van der Waals surface area contributed by atoms with Crippen molar-refractivity contribution in [1.82, 2.24) is 0 Å². The van der Waals surface area contributed by atoms with Gasteiger partial charge in [-0.25, -0.2) is 9.59 Å². The number of ether oxygens (including phenoxy) is 2. The molecule has 0 aromatic carbocycles. The zero-order chi connectivity index (χ0) is 15.1. The number of carbonyl (C=O) groups is 2. The van der Waals surface area contributed by atoms with E-state index in [-0.39, 0.29) is 5.97 Å². The van der Waals surface area contributed by atoms with Gasteiger partial charge in [0.2, 0.25) is 0 Å². The van der Waals surface area contributed by atoms with Crippen LogP contribution >= 0.6 is 0 Å². The first-order valence-electron chi connectivity index (χ1n) is 6.07. The maximum atomic E-state index is 10.4. The molecule has 0 aliphatic rings. The number of nitrogens with zero attached hydrogens (tertiary/aromatic N) is 1. The molecule has 0 aliphatic carbocycles. The van der Waals surface area contributed by atoms with Crippen LogP contribution in [-0.2, 0) is 19.1 Å². The van der Waals surface area contributed by atoms with Gasteiger partial charge < -0.3 is 9.47 Å². The summed E-state index contributed by atoms with van der Waals surface area (Å²) in [4.78, 5) is 20.8. The van der Waals surface area contributed by atoms with Crippen molar-refractivity contribution in [3.63, 3.8) is 0 Å². The van der Waals surface area contributed by atoms with Gasteiger partial charge in [-0.3, -0.25) is 0 Å². The van der Waals surface area contributed by atoms with Crippen molar-refractivity contribution in [2.75, 3.05) is 6.61 Å². The molecule has 5 nitrogen and oxygen atoms in total. The normalized spacial score (nSPS) is 9.95. The summed E-state index contributed by atoms with van der Waals surface area (Å²) in [6.45, 7) is 10.8. The molecule has 0 saturated heterocycles. The van der Waals surface area contributed by atoms with Gasteiger partial charge in [-0.1, -0.05) is 33.4 Å². The Bertz CT molecular complexity index is 331. The summed E-state index contributed by atoms with van der Waals surface area (Å²) in [5, 5.41) is 8.31. The fourth-order valence-electron chi connectivity index (χ4n) is 0.765. The molecule has 0 bridgehead atoms. The zero-order valence-corrected chi connectivity index (χ0v) is 11.6. The number of hydrogen-bond donors (Lipinski definition) is 0. The SMILES string of the molecule is C=CC(=O)OC(C#N)CC.C=CC(=O)OCCCC. The zero-order valence-electron chi connectivity index (χ0n) is 11.6. The molecule has 0 N–H and O–H groups in total. The summed E-state index contributed by atoms with van der Waals surface area (Å²) in [7, 11) is 0. The van der Waals surface area contributed by atoms with Crippen molar-refractivity contribution < 1.29 is 19.1 Å². The van der Waals surface area contributed by atoms with E-state index >= 15 is 0 Å². The van der Waals surface area contributed by atoms with E-state index < -0.39 is 12.1 Å². The van der Waals surface area contributed by atoms with Crippen LogP contribution in [0.25, 0.3) is 0 Å². The lowest BCUT2D eigenvalue weighted by Crippen LogP contribution is -2.12. The maximum absolute atomic E-state index is 10.4. The van der Waals surface area contributed by atoms with Crippen molar-refractivity contribution in [3.8, 4) is 6.07 Å². The first kappa shape index (κ1) is 19.3. The second-order valence-corrected chi connectivity index (χ2v) is 3.39. The summed E-state index contributed by atoms with van der Waals surface area (Å²) < 4.78 is 9.25. The van der Waals surface area contributed by atoms with E-state index in [9.17, 15) is 9.59 Å². The summed E-state index contributed by atoms with van der Waals surface area (Å²) in [6.07, 6.45) is 4.07. The molecule has 106 valence electrons. The predicted molar refractivity (Wildman–Crippen MR) is 72.0 cm³/mol. The third kappa shape index (κ3) is 13.8. The Morgan fingerprint density at radius 1 is 1.26 bits per heavy atom. The molecule has 0 aliphatic heterocycles. The van der Waals surface area contributed by atoms with Crippen molar-refractivity contribution in [2.45, 2.75) is 39.2 Å². The van der Waals surface area contributed by atoms with Crippen molar-refractivity contribution in [2.24, 2.45) is 0 Å². The fraction of sp³-hybridized carbons (Fsp3) is 0.500. The highest BCUT2D eigenvalue weighted by atomic mass is 16.5. The first-order valence-corrected chi connectivity index (χ1v) is 6.07. The van der Waals surface area contributed by atoms with Gasteiger partial charge in [-0.15, -0.1) is 0 Å². The minimum atomic E-state index is -0.634. The van der Waals surface area contributed by atoms with E-state index in [4.69, 9.17) is 5.26 Å². The van der Waals surface area contributed by atoms with Crippen molar-refractivity contribution in [3.05, 3.63) is 25.3 Å². The standard InChI is InChI=1S/C7H9NO2.C7H12O2/c1-3-6(5-8)10-7(9)4-2;1-3-5-6-9-7(8)4-2/h4,6H,2-3H2,1H3;4H,2-3,5-6H2,1H3. The van der Waals surface area contributed by atoms with Crippen LogP contribution in [-0.4, -0.2) is 24.6 Å². The van der Waals surface area contributed by atoms with Crippen LogP contribution in [0.3, 0.4) is 0 Å². The average Bonchev–Trinajstić information content (AvgIpc) is 2.45. The van der Waals surface area contributed by atoms with E-state index in [1.165, 1.54) is 6.08 Å². The van der Waals surface area contributed by atoms with Crippen LogP contribution in [0.2, 0.25) is 0 Å². The Kier molecular flexibility index (Phi) is 14.2. The van der Waals surface area contributed by atoms with Gasteiger partial charge in [0.15, 0.2) is 6.10 Å². The summed E-state index contributed by atoms with van der Waals surface area (Å²) in [6, 6.07) is 1.83. The molecular weight excluding hydrogens is 246 g/mol. The molecule has 1 atom stereocenters. The van der Waals surface area contributed by atoms with Crippen LogP contribution in [0.5, 0.6) is 0 Å². The lowest BCUT2D eigenvalue weighted by molar-refractivity contribution is -0.140. The largest absolute Gasteiger partial charge is 0.463 e. The first-order chi connectivity index (χ1) is 9.05. The third-order valence-corrected chi connectivity index (χ3v) is 1.85. The molecule has 0 fully saturated rings. The monoisotopic (exact) mass is 267 g/mol. The van der Waals surface area contributed by atoms with Gasteiger partial charge in [0.05, 0.1) is 6.61 Å². The minimum absolute atomic E-state index is 0.330. The summed E-state index contributed by atoms with van der Waals surface area (Å²) >= 11 is 0. The molecule has 5 heteroatoms. The second kappa shape index (κ2) is 14.0. The van der Waals surface area contributed by atoms with Gasteiger partial charge >= 0.3 is 11.9 Å². The lowest BCUT2D eigenvalue weighted by Gasteiger charge is -2.04. The molecule has 0 spiro atoms. The molecule has 0 aromatic rings. The molecule has 0 aromatic heterocycles. The average molecular weight is 267 g/mol. The molecule has 0 radical (unpaired) electrons. The Hall–Kier alpha value is -2.09. The van der Waals surface area contributed by atoms with E-state index in [2.05, 4.69) is 22.6 Å². The van der Waals surface area contributed by atoms with E-state index in [1.807, 2.05) is 13.0 Å². The van der Waals surface area contributed by atoms with Gasteiger partial charge in [-0.2, -0.15) is 5.26 Å². The highest BCUT2D eigenvalue weighted by Gasteiger charge is 2.06. The van der Waals surface area contributed by atoms with E-state index in [0.29, 0.717) is 13.0 Å². The number of carbonyl (C=O) groups excluding carboxylic acids is 2. The molecule has 0 heterocycles. The summed E-state index contributed by atoms with van der Waals surface area (Å²) in [5.74, 6) is -0.878. The molecular formula is C14H21NO4. The van der Waals surface area contributed by atoms with Crippen LogP contribution < -0.4 is 0 Å². The molecule has 1 unspecified atom stereocenters. The van der Waals surface area contributed by atoms with Crippen molar-refractivity contribution >= 4 is 11.9 Å². The smallest absolute Gasteiger partial charge is 0.331 e. The predicted octanol–water partition coefficient (Wildman–Crippen LogP) is 2.53. The van der Waals surface area contributed by atoms with Crippen LogP contribution in [0.15, 0.2) is 25.3 Å². The Labute approximate surface area is 114 Å². The van der Waals surface area contributed by atoms with Gasteiger partial charge in [0.25, 0.3) is 0 Å². The fourth-order valence-corrected chi connectivity index (χ4v) is 0.765. The van der Waals surface area contributed by atoms with Gasteiger partial charge in [0.1, 0.15) is 6.07 Å². The van der Waals surface area contributed by atoms with E-state index in [0.717, 1.165) is 18.9 Å². The highest BCUT2D eigenvalue weighted by Crippen LogP contribution is 1.95. The van der Waals surface area contributed by atoms with Gasteiger partial charge in [-0.05, 0) is 12.8 Å². The minimum Gasteiger partial charge on any atom is -0.463 e. The number of rotatable bonds is 7. The molecule has 0 amide bonds. The van der Waals surface area contributed by atoms with Gasteiger partial charge in [0, 0.05) is 12.2 Å². The number of esters is 2. The molecule has 0 saturated carbocycles. The maximum Gasteiger partial charge on any atom is 0.331 e. The Morgan fingerprint density at radius 3 is 2.21 bits per heavy atom. The van der Waals surface area contributed by atoms with Crippen LogP contribution in [0, 0.1) is 11.3 Å². The Balaban J connectivity index is 0. The molecule has 19 heavy (non-hydrogen) atoms. The quantitative estimate of drug-likeness (QED) is 0.402. The van der Waals surface area contributed by atoms with Crippen molar-refractivity contribution in [1.29, 1.82) is 5.26 Å². The summed E-state index contributed by atoms with van der Waals surface area (Å²) in [5.41, 5.74) is 0. The van der Waals surface area contributed by atoms with Crippen LogP contribution in [0.1, 0.15) is 33.1 Å². The number of hydrogen-bond acceptors (Lipinski definition) is 5.